The van der Waals surface area contributed by atoms with E-state index in [-0.39, 0.29) is 23.5 Å². The lowest BCUT2D eigenvalue weighted by Crippen LogP contribution is -2.38. The summed E-state index contributed by atoms with van der Waals surface area (Å²) in [7, 11) is 0. The van der Waals surface area contributed by atoms with Gasteiger partial charge in [-0.2, -0.15) is 0 Å². The second-order valence-electron chi connectivity index (χ2n) is 4.24. The van der Waals surface area contributed by atoms with Crippen molar-refractivity contribution in [2.24, 2.45) is 17.8 Å². The molecule has 0 radical (unpaired) electrons. The van der Waals surface area contributed by atoms with Crippen LogP contribution in [0.2, 0.25) is 0 Å². The quantitative estimate of drug-likeness (QED) is 0.532. The summed E-state index contributed by atoms with van der Waals surface area (Å²) in [5.74, 6) is 5.80. The van der Waals surface area contributed by atoms with E-state index in [9.17, 15) is 9.90 Å². The molecule has 76 valence electrons. The number of aliphatic hydroxyl groups excluding tert-OH is 2. The monoisotopic (exact) mass is 194 g/mol. The van der Waals surface area contributed by atoms with Crippen LogP contribution < -0.4 is 0 Å². The van der Waals surface area contributed by atoms with Gasteiger partial charge in [-0.25, -0.2) is 0 Å². The Morgan fingerprint density at radius 3 is 2.79 bits per heavy atom. The number of fused-ring (bicyclic) bond motifs is 1. The standard InChI is InChI=1S/C11H14O3/c1-6(12)2-3-7-4-8-9(11(7)14)5-10(8)13/h6-9,11-12,14H,4-5H2,1H3. The maximum Gasteiger partial charge on any atom is 0.136 e. The van der Waals surface area contributed by atoms with Gasteiger partial charge in [0.05, 0.1) is 6.10 Å². The number of aliphatic hydroxyl groups is 2. The van der Waals surface area contributed by atoms with Gasteiger partial charge in [0, 0.05) is 24.2 Å². The minimum Gasteiger partial charge on any atom is -0.392 e. The maximum absolute atomic E-state index is 11.1. The van der Waals surface area contributed by atoms with Crippen molar-refractivity contribution in [2.45, 2.75) is 32.0 Å². The normalized spacial score (nSPS) is 42.1. The molecular weight excluding hydrogens is 180 g/mol. The number of ketones is 1. The van der Waals surface area contributed by atoms with Gasteiger partial charge in [-0.1, -0.05) is 11.8 Å². The van der Waals surface area contributed by atoms with Crippen molar-refractivity contribution in [2.75, 3.05) is 0 Å². The van der Waals surface area contributed by atoms with Crippen LogP contribution in [0.4, 0.5) is 0 Å². The minimum absolute atomic E-state index is 0.0401. The van der Waals surface area contributed by atoms with Gasteiger partial charge in [-0.3, -0.25) is 4.79 Å². The average molecular weight is 194 g/mol. The molecule has 0 heterocycles. The van der Waals surface area contributed by atoms with Crippen LogP contribution in [-0.4, -0.2) is 28.2 Å². The summed E-state index contributed by atoms with van der Waals surface area (Å²) in [4.78, 5) is 11.1. The first kappa shape index (κ1) is 9.70. The van der Waals surface area contributed by atoms with E-state index >= 15 is 0 Å². The fourth-order valence-corrected chi connectivity index (χ4v) is 2.35. The Hall–Kier alpha value is -0.850. The van der Waals surface area contributed by atoms with Gasteiger partial charge in [-0.05, 0) is 13.3 Å². The highest BCUT2D eigenvalue weighted by molar-refractivity contribution is 5.88. The Labute approximate surface area is 83.1 Å². The molecule has 2 saturated carbocycles. The molecular formula is C11H14O3. The van der Waals surface area contributed by atoms with E-state index < -0.39 is 12.2 Å². The van der Waals surface area contributed by atoms with Gasteiger partial charge in [0.15, 0.2) is 0 Å². The minimum atomic E-state index is -0.656. The van der Waals surface area contributed by atoms with Gasteiger partial charge in [0.25, 0.3) is 0 Å². The van der Waals surface area contributed by atoms with Crippen LogP contribution >= 0.6 is 0 Å². The first-order valence-electron chi connectivity index (χ1n) is 4.99. The molecule has 0 spiro atoms. The Kier molecular flexibility index (Phi) is 2.34. The number of hydrogen-bond donors (Lipinski definition) is 2. The van der Waals surface area contributed by atoms with Crippen LogP contribution in [0.3, 0.4) is 0 Å². The van der Waals surface area contributed by atoms with Crippen molar-refractivity contribution in [3.8, 4) is 11.8 Å². The lowest BCUT2D eigenvalue weighted by molar-refractivity contribution is -0.135. The molecule has 3 nitrogen and oxygen atoms in total. The third-order valence-electron chi connectivity index (χ3n) is 3.20. The topological polar surface area (TPSA) is 57.5 Å². The summed E-state index contributed by atoms with van der Waals surface area (Å²) in [5, 5.41) is 18.7. The number of rotatable bonds is 0. The molecule has 0 saturated heterocycles. The largest absolute Gasteiger partial charge is 0.392 e. The maximum atomic E-state index is 11.1. The molecule has 5 unspecified atom stereocenters. The number of Topliss-reactive ketones (excluding diaryl/α,β-unsaturated/α-hetero) is 1. The molecule has 2 aliphatic carbocycles. The summed E-state index contributed by atoms with van der Waals surface area (Å²) < 4.78 is 0. The lowest BCUT2D eigenvalue weighted by Gasteiger charge is -2.29. The predicted molar refractivity (Wildman–Crippen MR) is 50.2 cm³/mol. The Morgan fingerprint density at radius 2 is 2.29 bits per heavy atom. The molecule has 0 aromatic carbocycles. The Bertz CT molecular complexity index is 310. The molecule has 14 heavy (non-hydrogen) atoms. The summed E-state index contributed by atoms with van der Waals surface area (Å²) in [5.41, 5.74) is 0. The summed E-state index contributed by atoms with van der Waals surface area (Å²) >= 11 is 0. The first-order valence-corrected chi connectivity index (χ1v) is 4.99. The van der Waals surface area contributed by atoms with E-state index in [1.54, 1.807) is 6.92 Å². The molecule has 3 heteroatoms. The van der Waals surface area contributed by atoms with Crippen molar-refractivity contribution >= 4 is 5.78 Å². The highest BCUT2D eigenvalue weighted by Crippen LogP contribution is 2.46. The highest BCUT2D eigenvalue weighted by Gasteiger charge is 2.52. The SMILES string of the molecule is CC(O)C#CC1CC2C(=O)CC2C1O. The van der Waals surface area contributed by atoms with Gasteiger partial charge in [0.2, 0.25) is 0 Å². The van der Waals surface area contributed by atoms with Crippen LogP contribution in [-0.2, 0) is 4.79 Å². The van der Waals surface area contributed by atoms with Gasteiger partial charge in [-0.15, -0.1) is 0 Å². The molecule has 0 aromatic rings. The summed E-state index contributed by atoms with van der Waals surface area (Å²) in [6.07, 6.45) is 0.0587. The van der Waals surface area contributed by atoms with Gasteiger partial charge in [0.1, 0.15) is 11.9 Å². The predicted octanol–water partition coefficient (Wildman–Crippen LogP) is -0.0434. The molecule has 0 aliphatic heterocycles. The molecule has 2 aliphatic rings. The molecule has 2 fully saturated rings. The molecule has 0 aromatic heterocycles. The zero-order valence-electron chi connectivity index (χ0n) is 8.10. The average Bonchev–Trinajstić information content (AvgIpc) is 2.36. The zero-order chi connectivity index (χ0) is 10.3. The van der Waals surface area contributed by atoms with E-state index in [4.69, 9.17) is 5.11 Å². The van der Waals surface area contributed by atoms with Crippen molar-refractivity contribution in [3.05, 3.63) is 0 Å². The van der Waals surface area contributed by atoms with Gasteiger partial charge >= 0.3 is 0 Å². The van der Waals surface area contributed by atoms with Crippen LogP contribution in [0, 0.1) is 29.6 Å². The second kappa shape index (κ2) is 3.38. The lowest BCUT2D eigenvalue weighted by atomic mass is 9.74. The molecule has 2 rings (SSSR count). The fraction of sp³-hybridized carbons (Fsp3) is 0.727. The van der Waals surface area contributed by atoms with E-state index in [2.05, 4.69) is 11.8 Å². The summed E-state index contributed by atoms with van der Waals surface area (Å²) in [6.45, 7) is 1.59. The van der Waals surface area contributed by atoms with Gasteiger partial charge < -0.3 is 10.2 Å². The van der Waals surface area contributed by atoms with Crippen LogP contribution in [0.15, 0.2) is 0 Å². The molecule has 2 N–H and O–H groups in total. The molecule has 0 amide bonds. The zero-order valence-corrected chi connectivity index (χ0v) is 8.10. The van der Waals surface area contributed by atoms with Crippen molar-refractivity contribution in [1.82, 2.24) is 0 Å². The summed E-state index contributed by atoms with van der Waals surface area (Å²) in [6, 6.07) is 0. The van der Waals surface area contributed by atoms with Crippen molar-refractivity contribution in [1.29, 1.82) is 0 Å². The first-order chi connectivity index (χ1) is 6.59. The van der Waals surface area contributed by atoms with Crippen LogP contribution in [0.1, 0.15) is 19.8 Å². The van der Waals surface area contributed by atoms with Crippen molar-refractivity contribution in [3.63, 3.8) is 0 Å². The van der Waals surface area contributed by atoms with E-state index in [1.807, 2.05) is 0 Å². The number of carbonyl (C=O) groups is 1. The second-order valence-corrected chi connectivity index (χ2v) is 4.24. The Balaban J connectivity index is 2.03. The highest BCUT2D eigenvalue weighted by atomic mass is 16.3. The van der Waals surface area contributed by atoms with E-state index in [1.165, 1.54) is 0 Å². The third-order valence-corrected chi connectivity index (χ3v) is 3.20. The Morgan fingerprint density at radius 1 is 1.57 bits per heavy atom. The fourth-order valence-electron chi connectivity index (χ4n) is 2.35. The van der Waals surface area contributed by atoms with E-state index in [0.717, 1.165) is 0 Å². The third kappa shape index (κ3) is 1.45. The van der Waals surface area contributed by atoms with E-state index in [0.29, 0.717) is 12.8 Å². The molecule has 0 bridgehead atoms. The smallest absolute Gasteiger partial charge is 0.136 e. The van der Waals surface area contributed by atoms with Crippen LogP contribution in [0.5, 0.6) is 0 Å². The van der Waals surface area contributed by atoms with Crippen molar-refractivity contribution < 1.29 is 15.0 Å². The van der Waals surface area contributed by atoms with Crippen LogP contribution in [0.25, 0.3) is 0 Å². The number of carbonyl (C=O) groups excluding carboxylic acids is 1. The molecule has 5 atom stereocenters. The number of hydrogen-bond acceptors (Lipinski definition) is 3.